The number of ether oxygens (including phenoxy) is 1. The summed E-state index contributed by atoms with van der Waals surface area (Å²) in [5.74, 6) is 0.633. The smallest absolute Gasteiger partial charge is 0.263 e. The molecule has 1 aromatic rings. The number of aliphatic hydroxyl groups is 1. The van der Waals surface area contributed by atoms with E-state index in [9.17, 15) is 9.90 Å². The first-order valence-corrected chi connectivity index (χ1v) is 6.26. The maximum absolute atomic E-state index is 12.1. The summed E-state index contributed by atoms with van der Waals surface area (Å²) in [4.78, 5) is 13.7. The molecule has 2 atom stereocenters. The average molecular weight is 249 g/mol. The maximum Gasteiger partial charge on any atom is 0.263 e. The lowest BCUT2D eigenvalue weighted by Crippen LogP contribution is -2.39. The highest BCUT2D eigenvalue weighted by Crippen LogP contribution is 2.16. The number of likely N-dealkylation sites (tertiary alicyclic amines) is 1. The van der Waals surface area contributed by atoms with E-state index in [1.807, 2.05) is 31.2 Å². The van der Waals surface area contributed by atoms with Crippen LogP contribution in [0.4, 0.5) is 0 Å². The van der Waals surface area contributed by atoms with E-state index >= 15 is 0 Å². The van der Waals surface area contributed by atoms with Crippen LogP contribution < -0.4 is 4.74 Å². The van der Waals surface area contributed by atoms with Crippen molar-refractivity contribution in [2.75, 3.05) is 13.1 Å². The van der Waals surface area contributed by atoms with Crippen molar-refractivity contribution in [2.24, 2.45) is 0 Å². The Balaban J connectivity index is 1.93. The van der Waals surface area contributed by atoms with Gasteiger partial charge in [-0.3, -0.25) is 4.79 Å². The van der Waals surface area contributed by atoms with Crippen LogP contribution in [0.15, 0.2) is 24.3 Å². The molecular weight excluding hydrogens is 230 g/mol. The Labute approximate surface area is 107 Å². The number of hydrogen-bond acceptors (Lipinski definition) is 3. The van der Waals surface area contributed by atoms with Crippen LogP contribution in [0.3, 0.4) is 0 Å². The van der Waals surface area contributed by atoms with Crippen molar-refractivity contribution in [1.29, 1.82) is 0 Å². The predicted molar refractivity (Wildman–Crippen MR) is 68.5 cm³/mol. The number of carbonyl (C=O) groups excluding carboxylic acids is 1. The Kier molecular flexibility index (Phi) is 3.87. The van der Waals surface area contributed by atoms with Gasteiger partial charge >= 0.3 is 0 Å². The lowest BCUT2D eigenvalue weighted by molar-refractivity contribution is -0.137. The number of nitrogens with zero attached hydrogens (tertiary/aromatic N) is 1. The highest BCUT2D eigenvalue weighted by atomic mass is 16.5. The summed E-state index contributed by atoms with van der Waals surface area (Å²) < 4.78 is 5.61. The minimum absolute atomic E-state index is 0.0628. The van der Waals surface area contributed by atoms with Crippen molar-refractivity contribution in [3.63, 3.8) is 0 Å². The number of carbonyl (C=O) groups is 1. The Hall–Kier alpha value is -1.55. The van der Waals surface area contributed by atoms with Crippen molar-refractivity contribution < 1.29 is 14.6 Å². The third kappa shape index (κ3) is 3.01. The van der Waals surface area contributed by atoms with Gasteiger partial charge in [0, 0.05) is 13.1 Å². The molecule has 18 heavy (non-hydrogen) atoms. The van der Waals surface area contributed by atoms with E-state index in [1.54, 1.807) is 11.8 Å². The summed E-state index contributed by atoms with van der Waals surface area (Å²) in [6.07, 6.45) is -0.248. The predicted octanol–water partition coefficient (Wildman–Crippen LogP) is 1.36. The van der Waals surface area contributed by atoms with Gasteiger partial charge in [0.15, 0.2) is 6.10 Å². The fourth-order valence-electron chi connectivity index (χ4n) is 2.07. The third-order valence-corrected chi connectivity index (χ3v) is 3.16. The number of aliphatic hydroxyl groups excluding tert-OH is 1. The molecule has 0 spiro atoms. The van der Waals surface area contributed by atoms with Crippen molar-refractivity contribution in [1.82, 2.24) is 4.90 Å². The largest absolute Gasteiger partial charge is 0.481 e. The van der Waals surface area contributed by atoms with Crippen LogP contribution in [0.25, 0.3) is 0 Å². The third-order valence-electron chi connectivity index (χ3n) is 3.16. The summed E-state index contributed by atoms with van der Waals surface area (Å²) in [6.45, 7) is 4.78. The highest BCUT2D eigenvalue weighted by molar-refractivity contribution is 5.81. The Bertz CT molecular complexity index is 416. The molecular formula is C14H19NO3. The van der Waals surface area contributed by atoms with Gasteiger partial charge in [0.2, 0.25) is 0 Å². The summed E-state index contributed by atoms with van der Waals surface area (Å²) >= 11 is 0. The molecule has 1 heterocycles. The topological polar surface area (TPSA) is 49.8 Å². The molecule has 0 saturated carbocycles. The first kappa shape index (κ1) is 12.9. The Morgan fingerprint density at radius 1 is 1.44 bits per heavy atom. The molecule has 1 saturated heterocycles. The minimum Gasteiger partial charge on any atom is -0.481 e. The van der Waals surface area contributed by atoms with Gasteiger partial charge in [-0.1, -0.05) is 17.7 Å². The number of amides is 1. The molecule has 1 aliphatic heterocycles. The number of β-amino-alcohol motifs (C(OH)–C–C–N with tert-alkyl or cyclic N) is 1. The van der Waals surface area contributed by atoms with Crippen LogP contribution in [-0.2, 0) is 4.79 Å². The maximum atomic E-state index is 12.1. The zero-order chi connectivity index (χ0) is 13.1. The highest BCUT2D eigenvalue weighted by Gasteiger charge is 2.28. The van der Waals surface area contributed by atoms with Crippen molar-refractivity contribution in [2.45, 2.75) is 32.5 Å². The van der Waals surface area contributed by atoms with Gasteiger partial charge in [0.05, 0.1) is 6.10 Å². The van der Waals surface area contributed by atoms with Gasteiger partial charge in [-0.15, -0.1) is 0 Å². The molecule has 0 aliphatic carbocycles. The van der Waals surface area contributed by atoms with Crippen LogP contribution in [0.2, 0.25) is 0 Å². The molecule has 1 N–H and O–H groups in total. The normalized spacial score (nSPS) is 20.8. The lowest BCUT2D eigenvalue weighted by atomic mass is 10.2. The van der Waals surface area contributed by atoms with E-state index in [4.69, 9.17) is 4.74 Å². The van der Waals surface area contributed by atoms with E-state index in [2.05, 4.69) is 0 Å². The molecule has 0 aromatic heterocycles. The fraction of sp³-hybridized carbons (Fsp3) is 0.500. The Morgan fingerprint density at radius 2 is 2.11 bits per heavy atom. The summed E-state index contributed by atoms with van der Waals surface area (Å²) in [7, 11) is 0. The van der Waals surface area contributed by atoms with Crippen LogP contribution >= 0.6 is 0 Å². The van der Waals surface area contributed by atoms with Gasteiger partial charge in [-0.25, -0.2) is 0 Å². The first-order chi connectivity index (χ1) is 8.56. The molecule has 0 radical (unpaired) electrons. The number of rotatable bonds is 3. The molecule has 1 unspecified atom stereocenters. The molecule has 4 heteroatoms. The lowest BCUT2D eigenvalue weighted by Gasteiger charge is -2.21. The molecule has 4 nitrogen and oxygen atoms in total. The van der Waals surface area contributed by atoms with Gasteiger partial charge in [-0.05, 0) is 32.4 Å². The molecule has 2 rings (SSSR count). The summed E-state index contributed by atoms with van der Waals surface area (Å²) in [5, 5.41) is 9.42. The van der Waals surface area contributed by atoms with Gasteiger partial charge in [-0.2, -0.15) is 0 Å². The second kappa shape index (κ2) is 5.40. The average Bonchev–Trinajstić information content (AvgIpc) is 2.78. The van der Waals surface area contributed by atoms with Crippen LogP contribution in [0.1, 0.15) is 18.9 Å². The van der Waals surface area contributed by atoms with E-state index in [-0.39, 0.29) is 12.0 Å². The first-order valence-electron chi connectivity index (χ1n) is 6.26. The summed E-state index contributed by atoms with van der Waals surface area (Å²) in [6, 6.07) is 7.62. The summed E-state index contributed by atoms with van der Waals surface area (Å²) in [5.41, 5.74) is 1.16. The van der Waals surface area contributed by atoms with Crippen molar-refractivity contribution in [3.8, 4) is 5.75 Å². The molecule has 98 valence electrons. The molecule has 1 fully saturated rings. The van der Waals surface area contributed by atoms with Gasteiger partial charge < -0.3 is 14.7 Å². The molecule has 0 bridgehead atoms. The van der Waals surface area contributed by atoms with Gasteiger partial charge in [0.25, 0.3) is 5.91 Å². The molecule has 1 aromatic carbocycles. The van der Waals surface area contributed by atoms with Crippen LogP contribution in [-0.4, -0.2) is 41.2 Å². The molecule has 1 amide bonds. The zero-order valence-electron chi connectivity index (χ0n) is 10.8. The van der Waals surface area contributed by atoms with Crippen molar-refractivity contribution >= 4 is 5.91 Å². The van der Waals surface area contributed by atoms with E-state index in [1.165, 1.54) is 0 Å². The number of aryl methyl sites for hydroxylation is 1. The van der Waals surface area contributed by atoms with E-state index in [0.717, 1.165) is 5.56 Å². The minimum atomic E-state index is -0.516. The standard InChI is InChI=1S/C14H19NO3/c1-10-3-5-13(6-4-10)18-11(2)14(17)15-8-7-12(16)9-15/h3-6,11-12,16H,7-9H2,1-2H3/t11?,12-/m1/s1. The SMILES string of the molecule is Cc1ccc(OC(C)C(=O)N2CC[C@@H](O)C2)cc1. The quantitative estimate of drug-likeness (QED) is 0.880. The van der Waals surface area contributed by atoms with Crippen LogP contribution in [0, 0.1) is 6.92 Å². The second-order valence-electron chi connectivity index (χ2n) is 4.80. The van der Waals surface area contributed by atoms with E-state index < -0.39 is 6.10 Å². The van der Waals surface area contributed by atoms with Gasteiger partial charge in [0.1, 0.15) is 5.75 Å². The second-order valence-corrected chi connectivity index (χ2v) is 4.80. The van der Waals surface area contributed by atoms with E-state index in [0.29, 0.717) is 25.3 Å². The zero-order valence-corrected chi connectivity index (χ0v) is 10.8. The number of benzene rings is 1. The molecule has 1 aliphatic rings. The Morgan fingerprint density at radius 3 is 2.67 bits per heavy atom. The van der Waals surface area contributed by atoms with Crippen LogP contribution in [0.5, 0.6) is 5.75 Å². The fourth-order valence-corrected chi connectivity index (χ4v) is 2.07. The van der Waals surface area contributed by atoms with Crippen molar-refractivity contribution in [3.05, 3.63) is 29.8 Å². The monoisotopic (exact) mass is 249 g/mol. The number of hydrogen-bond donors (Lipinski definition) is 1.